The van der Waals surface area contributed by atoms with E-state index in [0.717, 1.165) is 59.9 Å². The van der Waals surface area contributed by atoms with Crippen molar-refractivity contribution >= 4 is 55.3 Å². The number of nitrogens with one attached hydrogen (secondary N) is 3. The molecule has 1 amide bonds. The van der Waals surface area contributed by atoms with Crippen molar-refractivity contribution in [1.82, 2.24) is 14.8 Å². The number of Topliss-reactive ketones (excluding diaryl/α,β-unsaturated/α-hetero) is 1. The van der Waals surface area contributed by atoms with Crippen LogP contribution in [0.1, 0.15) is 82.2 Å². The molecule has 4 aromatic rings. The largest absolute Gasteiger partial charge is 0.480 e. The number of nitrogen functional groups attached to an aromatic ring is 1. The average molecular weight is 921 g/mol. The van der Waals surface area contributed by atoms with Gasteiger partial charge in [-0.15, -0.1) is 0 Å². The molecule has 0 radical (unpaired) electrons. The zero-order chi connectivity index (χ0) is 47.1. The molecule has 0 unspecified atom stereocenters. The van der Waals surface area contributed by atoms with Gasteiger partial charge in [0.15, 0.2) is 0 Å². The average Bonchev–Trinajstić information content (AvgIpc) is 3.24. The number of ketones is 1. The van der Waals surface area contributed by atoms with E-state index >= 15 is 0 Å². The highest BCUT2D eigenvalue weighted by Crippen LogP contribution is 2.33. The number of ether oxygens (including phenoxy) is 1. The number of alkyl carbamates (subject to hydrolysis) is 1. The lowest BCUT2D eigenvalue weighted by molar-refractivity contribution is -0.139. The van der Waals surface area contributed by atoms with E-state index in [4.69, 9.17) is 15.6 Å². The number of amides is 1. The van der Waals surface area contributed by atoms with E-state index in [0.29, 0.717) is 49.7 Å². The summed E-state index contributed by atoms with van der Waals surface area (Å²) in [5.41, 5.74) is 12.1. The van der Waals surface area contributed by atoms with E-state index in [1.165, 1.54) is 8.61 Å². The summed E-state index contributed by atoms with van der Waals surface area (Å²) in [4.78, 5) is 35.5. The summed E-state index contributed by atoms with van der Waals surface area (Å²) < 4.78 is 62.1. The van der Waals surface area contributed by atoms with Gasteiger partial charge in [0.1, 0.15) is 17.4 Å². The molecule has 17 heteroatoms. The second-order valence-corrected chi connectivity index (χ2v) is 19.9. The maximum Gasteiger partial charge on any atom is 0.408 e. The maximum atomic E-state index is 12.8. The second-order valence-electron chi connectivity index (χ2n) is 16.6. The number of fused-ring (bicyclic) bond motifs is 2. The Morgan fingerprint density at radius 2 is 1.20 bits per heavy atom. The van der Waals surface area contributed by atoms with Crippen molar-refractivity contribution in [3.05, 3.63) is 125 Å². The fourth-order valence-corrected chi connectivity index (χ4v) is 10.1. The molecule has 0 spiro atoms. The summed E-state index contributed by atoms with van der Waals surface area (Å²) in [5, 5.41) is 11.5. The normalized spacial score (nSPS) is 14.5. The first-order valence-corrected chi connectivity index (χ1v) is 24.5. The van der Waals surface area contributed by atoms with Crippen LogP contribution in [0.3, 0.4) is 0 Å². The summed E-state index contributed by atoms with van der Waals surface area (Å²) >= 11 is 0. The van der Waals surface area contributed by atoms with Crippen LogP contribution in [-0.2, 0) is 66.8 Å². The third kappa shape index (κ3) is 15.1. The Morgan fingerprint density at radius 3 is 1.70 bits per heavy atom. The van der Waals surface area contributed by atoms with E-state index in [9.17, 15) is 31.2 Å². The minimum atomic E-state index is -3.55. The number of carbonyl (C=O) groups is 3. The Balaban J connectivity index is 0.000000220. The predicted octanol–water partition coefficient (Wildman–Crippen LogP) is 6.37. The standard InChI is InChI=1S/C22H28N2O3S.C14H19NO4.C11H17N3O2S/c1-3-23-28(26,27)24-14-8-12-20-19(11-7-13-21(20)24)16-22(25)17(2)15-18-9-5-4-6-10-18;1-14(2,3)19-13(18)15-11(12(16)17)9-10-7-5-4-6-8-10;1-2-13-17(15,16)14-8-4-5-9-10(12)6-3-7-11(9)14/h4-7,9-11,13,17,23H,3,8,12,14-16H2,1-2H3;4-8,11H,9H2,1-3H3,(H,15,18)(H,16,17);3,6-7,13H,2,4-5,8,12H2,1H3/t17-;11-;/m00./s1. The summed E-state index contributed by atoms with van der Waals surface area (Å²) in [7, 11) is -6.99. The van der Waals surface area contributed by atoms with Gasteiger partial charge in [-0.1, -0.05) is 99.6 Å². The van der Waals surface area contributed by atoms with Crippen molar-refractivity contribution in [1.29, 1.82) is 0 Å². The number of carboxylic acid groups (broad SMARTS) is 1. The first-order valence-electron chi connectivity index (χ1n) is 21.6. The van der Waals surface area contributed by atoms with Crippen molar-refractivity contribution in [2.45, 2.75) is 98.1 Å². The number of nitrogens with zero attached hydrogens (tertiary/aromatic N) is 2. The fraction of sp³-hybridized carbons (Fsp3) is 0.426. The van der Waals surface area contributed by atoms with Gasteiger partial charge < -0.3 is 20.9 Å². The fourth-order valence-electron chi connectivity index (χ4n) is 7.41. The SMILES string of the molecule is CC(C)(C)OC(=O)N[C@@H](Cc1ccccc1)C(=O)O.CCNS(=O)(=O)N1CCCc2c(CC(=O)[C@@H](C)Cc3ccccc3)cccc21.CCNS(=O)(=O)N1CCCc2c(N)cccc21. The van der Waals surface area contributed by atoms with E-state index < -0.39 is 44.1 Å². The Hall–Kier alpha value is -5.49. The molecule has 0 saturated heterocycles. The summed E-state index contributed by atoms with van der Waals surface area (Å²) in [6.45, 7) is 12.4. The molecule has 0 fully saturated rings. The molecule has 348 valence electrons. The second kappa shape index (κ2) is 23.4. The monoisotopic (exact) mass is 920 g/mol. The van der Waals surface area contributed by atoms with Gasteiger partial charge in [-0.3, -0.25) is 13.4 Å². The van der Waals surface area contributed by atoms with Gasteiger partial charge in [0.2, 0.25) is 0 Å². The number of benzene rings is 4. The Morgan fingerprint density at radius 1 is 0.719 bits per heavy atom. The van der Waals surface area contributed by atoms with Crippen molar-refractivity contribution < 1.29 is 41.1 Å². The Labute approximate surface area is 379 Å². The quantitative estimate of drug-likeness (QED) is 0.0831. The van der Waals surface area contributed by atoms with E-state index in [1.807, 2.05) is 91.9 Å². The minimum Gasteiger partial charge on any atom is -0.480 e. The number of carbonyl (C=O) groups excluding carboxylic acids is 2. The van der Waals surface area contributed by atoms with E-state index in [1.54, 1.807) is 46.8 Å². The lowest BCUT2D eigenvalue weighted by Gasteiger charge is -2.31. The number of carboxylic acids is 1. The molecule has 2 atom stereocenters. The van der Waals surface area contributed by atoms with Crippen molar-refractivity contribution in [3.8, 4) is 0 Å². The number of aliphatic carboxylic acids is 1. The molecule has 2 aliphatic heterocycles. The van der Waals surface area contributed by atoms with Crippen molar-refractivity contribution in [3.63, 3.8) is 0 Å². The van der Waals surface area contributed by atoms with Crippen LogP contribution in [0.4, 0.5) is 21.9 Å². The van der Waals surface area contributed by atoms with Crippen LogP contribution < -0.4 is 29.1 Å². The number of rotatable bonds is 15. The van der Waals surface area contributed by atoms with Crippen LogP contribution in [0, 0.1) is 5.92 Å². The predicted molar refractivity (Wildman–Crippen MR) is 253 cm³/mol. The molecule has 2 aliphatic rings. The smallest absolute Gasteiger partial charge is 0.408 e. The van der Waals surface area contributed by atoms with Crippen LogP contribution in [0.5, 0.6) is 0 Å². The van der Waals surface area contributed by atoms with Crippen molar-refractivity contribution in [2.75, 3.05) is 40.5 Å². The Kier molecular flexibility index (Phi) is 18.7. The first kappa shape index (κ1) is 51.1. The molecule has 4 aromatic carbocycles. The van der Waals surface area contributed by atoms with Gasteiger partial charge in [-0.05, 0) is 98.9 Å². The zero-order valence-electron chi connectivity index (χ0n) is 37.7. The maximum absolute atomic E-state index is 12.8. The van der Waals surface area contributed by atoms with Gasteiger partial charge in [-0.25, -0.2) is 9.59 Å². The molecule has 0 aromatic heterocycles. The van der Waals surface area contributed by atoms with Gasteiger partial charge in [-0.2, -0.15) is 26.3 Å². The number of hydrogen-bond donors (Lipinski definition) is 5. The van der Waals surface area contributed by atoms with Gasteiger partial charge in [0, 0.05) is 50.6 Å². The van der Waals surface area contributed by atoms with Crippen LogP contribution in [-0.4, -0.2) is 77.6 Å². The highest BCUT2D eigenvalue weighted by atomic mass is 32.2. The molecular formula is C47H64N6O9S2. The lowest BCUT2D eigenvalue weighted by atomic mass is 9.89. The highest BCUT2D eigenvalue weighted by Gasteiger charge is 2.30. The molecule has 0 aliphatic carbocycles. The minimum absolute atomic E-state index is 0.0801. The number of hydrogen-bond acceptors (Lipinski definition) is 9. The highest BCUT2D eigenvalue weighted by molar-refractivity contribution is 7.91. The molecular weight excluding hydrogens is 857 g/mol. The third-order valence-electron chi connectivity index (χ3n) is 10.4. The molecule has 64 heavy (non-hydrogen) atoms. The first-order chi connectivity index (χ1) is 30.3. The molecule has 15 nitrogen and oxygen atoms in total. The van der Waals surface area contributed by atoms with Crippen LogP contribution >= 0.6 is 0 Å². The van der Waals surface area contributed by atoms with Crippen LogP contribution in [0.25, 0.3) is 0 Å². The van der Waals surface area contributed by atoms with Gasteiger partial charge in [0.05, 0.1) is 11.4 Å². The zero-order valence-corrected chi connectivity index (χ0v) is 39.3. The van der Waals surface area contributed by atoms with E-state index in [-0.39, 0.29) is 18.1 Å². The van der Waals surface area contributed by atoms with E-state index in [2.05, 4.69) is 14.8 Å². The molecule has 0 saturated carbocycles. The molecule has 6 N–H and O–H groups in total. The topological polar surface area (TPSA) is 218 Å². The molecule has 6 rings (SSSR count). The van der Waals surface area contributed by atoms with Crippen LogP contribution in [0.15, 0.2) is 97.1 Å². The van der Waals surface area contributed by atoms with Crippen molar-refractivity contribution in [2.24, 2.45) is 5.92 Å². The molecule has 0 bridgehead atoms. The van der Waals surface area contributed by atoms with Gasteiger partial charge >= 0.3 is 32.5 Å². The summed E-state index contributed by atoms with van der Waals surface area (Å²) in [6, 6.07) is 29.2. The lowest BCUT2D eigenvalue weighted by Crippen LogP contribution is -2.44. The third-order valence-corrected chi connectivity index (χ3v) is 13.6. The number of anilines is 3. The van der Waals surface area contributed by atoms with Crippen LogP contribution in [0.2, 0.25) is 0 Å². The summed E-state index contributed by atoms with van der Waals surface area (Å²) in [5.74, 6) is -0.984. The number of nitrogens with two attached hydrogens (primary N) is 1. The van der Waals surface area contributed by atoms with Gasteiger partial charge in [0.25, 0.3) is 0 Å². The summed E-state index contributed by atoms with van der Waals surface area (Å²) in [6.07, 6.45) is 3.73. The Bertz CT molecular complexity index is 2390. The molecule has 2 heterocycles.